The number of benzene rings is 3. The topological polar surface area (TPSA) is 124 Å². The van der Waals surface area contributed by atoms with Crippen LogP contribution in [-0.2, 0) is 14.3 Å². The van der Waals surface area contributed by atoms with Crippen LogP contribution < -0.4 is 10.5 Å². The van der Waals surface area contributed by atoms with Crippen LogP contribution in [-0.4, -0.2) is 26.7 Å². The molecule has 0 radical (unpaired) electrons. The van der Waals surface area contributed by atoms with Crippen molar-refractivity contribution >= 4 is 38.0 Å². The van der Waals surface area contributed by atoms with Gasteiger partial charge in [-0.1, -0.05) is 0 Å². The molecule has 3 N–H and O–H groups in total. The highest BCUT2D eigenvalue weighted by Crippen LogP contribution is 2.42. The molecule has 0 spiro atoms. The van der Waals surface area contributed by atoms with Crippen LogP contribution >= 0.6 is 0 Å². The van der Waals surface area contributed by atoms with Crippen molar-refractivity contribution in [3.8, 4) is 11.5 Å². The molecule has 0 amide bonds. The van der Waals surface area contributed by atoms with Gasteiger partial charge in [0.25, 0.3) is 10.1 Å². The van der Waals surface area contributed by atoms with E-state index in [2.05, 4.69) is 10.2 Å². The molecular weight excluding hydrogens is 394 g/mol. The lowest BCUT2D eigenvalue weighted by Gasteiger charge is -2.13. The molecule has 29 heavy (non-hydrogen) atoms. The van der Waals surface area contributed by atoms with E-state index in [-0.39, 0.29) is 16.3 Å². The van der Waals surface area contributed by atoms with Crippen LogP contribution in [0.15, 0.2) is 63.7 Å². The van der Waals surface area contributed by atoms with E-state index in [4.69, 9.17) is 14.7 Å². The van der Waals surface area contributed by atoms with E-state index >= 15 is 0 Å². The Kier molecular flexibility index (Phi) is 5.71. The van der Waals surface area contributed by atoms with E-state index in [0.29, 0.717) is 27.9 Å². The summed E-state index contributed by atoms with van der Waals surface area (Å²) in [5.74, 6) is 0.314. The first-order valence-corrected chi connectivity index (χ1v) is 10.2. The molecule has 8 nitrogen and oxygen atoms in total. The van der Waals surface area contributed by atoms with Gasteiger partial charge < -0.3 is 15.6 Å². The lowest BCUT2D eigenvalue weighted by atomic mass is 10.1. The van der Waals surface area contributed by atoms with E-state index in [1.54, 1.807) is 63.4 Å². The highest BCUT2D eigenvalue weighted by Gasteiger charge is 2.26. The summed E-state index contributed by atoms with van der Waals surface area (Å²) in [7, 11) is -2.66. The summed E-state index contributed by atoms with van der Waals surface area (Å²) in [6.45, 7) is 3.18. The van der Waals surface area contributed by atoms with Gasteiger partial charge in [-0.05, 0) is 67.8 Å². The number of azo groups is 1. The zero-order chi connectivity index (χ0) is 21.2. The number of phenolic OH excluding ortho intramolecular Hbond substituents is 1. The highest BCUT2D eigenvalue weighted by atomic mass is 32.2. The van der Waals surface area contributed by atoms with Crippen molar-refractivity contribution in [2.45, 2.75) is 24.8 Å². The molecule has 0 aliphatic rings. The van der Waals surface area contributed by atoms with Crippen LogP contribution in [0.3, 0.4) is 0 Å². The van der Waals surface area contributed by atoms with Gasteiger partial charge in [-0.25, -0.2) is 0 Å². The van der Waals surface area contributed by atoms with Crippen LogP contribution in [0.25, 0.3) is 10.8 Å². The molecule has 0 bridgehead atoms. The summed E-state index contributed by atoms with van der Waals surface area (Å²) in [5.41, 5.74) is 6.47. The van der Waals surface area contributed by atoms with Crippen LogP contribution in [0.5, 0.6) is 11.5 Å². The van der Waals surface area contributed by atoms with Crippen molar-refractivity contribution in [2.24, 2.45) is 10.2 Å². The average molecular weight is 415 g/mol. The van der Waals surface area contributed by atoms with Crippen LogP contribution in [0, 0.1) is 0 Å². The van der Waals surface area contributed by atoms with E-state index in [1.807, 2.05) is 0 Å². The first-order valence-electron chi connectivity index (χ1n) is 8.75. The van der Waals surface area contributed by atoms with Gasteiger partial charge in [0.15, 0.2) is 5.75 Å². The van der Waals surface area contributed by atoms with Crippen molar-refractivity contribution in [2.75, 3.05) is 12.8 Å². The summed E-state index contributed by atoms with van der Waals surface area (Å²) in [6, 6.07) is 12.8. The number of nitrogen functional groups attached to an aromatic ring is 1. The number of methoxy groups -OCH3 is 1. The Balaban J connectivity index is 2.19. The van der Waals surface area contributed by atoms with Gasteiger partial charge in [0.1, 0.15) is 16.3 Å². The number of nitrogens with zero attached hydrogens (tertiary/aromatic N) is 2. The molecule has 0 aliphatic heterocycles. The second-order valence-corrected chi connectivity index (χ2v) is 8.09. The zero-order valence-electron chi connectivity index (χ0n) is 16.2. The number of aromatic hydroxyl groups is 1. The second kappa shape index (κ2) is 8.06. The minimum absolute atomic E-state index is 0.210. The summed E-state index contributed by atoms with van der Waals surface area (Å²) in [4.78, 5) is -0.293. The normalized spacial score (nSPS) is 12.1. The third-order valence-corrected chi connectivity index (χ3v) is 5.49. The molecule has 0 atom stereocenters. The number of nitrogens with two attached hydrogens (primary N) is 1. The predicted molar refractivity (Wildman–Crippen MR) is 111 cm³/mol. The Hall–Kier alpha value is -3.17. The van der Waals surface area contributed by atoms with Crippen molar-refractivity contribution in [3.63, 3.8) is 0 Å². The van der Waals surface area contributed by atoms with Gasteiger partial charge in [0.2, 0.25) is 0 Å². The molecule has 9 heteroatoms. The molecule has 0 aromatic heterocycles. The Morgan fingerprint density at radius 2 is 1.72 bits per heavy atom. The van der Waals surface area contributed by atoms with Crippen LogP contribution in [0.2, 0.25) is 0 Å². The second-order valence-electron chi connectivity index (χ2n) is 6.55. The van der Waals surface area contributed by atoms with Gasteiger partial charge in [-0.2, -0.15) is 13.5 Å². The standard InChI is InChI=1S/C20H21N3O5S/c1-12(2)28-29(25,26)18-11-13-10-14(21)4-9-17(13)20(24)19(18)23-22-15-5-7-16(27-3)8-6-15/h4-12,24H,21H2,1-3H3. The molecule has 3 aromatic carbocycles. The van der Waals surface area contributed by atoms with E-state index < -0.39 is 16.2 Å². The average Bonchev–Trinajstić information content (AvgIpc) is 2.66. The molecule has 0 aliphatic carbocycles. The number of phenols is 1. The summed E-state index contributed by atoms with van der Waals surface area (Å²) in [6.07, 6.45) is -0.593. The summed E-state index contributed by atoms with van der Waals surface area (Å²) >= 11 is 0. The Labute approximate surface area is 168 Å². The van der Waals surface area contributed by atoms with E-state index in [0.717, 1.165) is 0 Å². The minimum Gasteiger partial charge on any atom is -0.505 e. The fourth-order valence-corrected chi connectivity index (χ4v) is 3.98. The molecule has 0 saturated heterocycles. The molecule has 0 saturated carbocycles. The number of fused-ring (bicyclic) bond motifs is 1. The molecule has 0 heterocycles. The maximum absolute atomic E-state index is 12.8. The van der Waals surface area contributed by atoms with Crippen molar-refractivity contribution in [3.05, 3.63) is 48.5 Å². The van der Waals surface area contributed by atoms with Crippen LogP contribution in [0.1, 0.15) is 13.8 Å². The van der Waals surface area contributed by atoms with Crippen molar-refractivity contribution < 1.29 is 22.4 Å². The first kappa shape index (κ1) is 20.6. The maximum atomic E-state index is 12.8. The highest BCUT2D eigenvalue weighted by molar-refractivity contribution is 7.87. The number of rotatable bonds is 6. The number of anilines is 1. The van der Waals surface area contributed by atoms with Gasteiger partial charge >= 0.3 is 0 Å². The third-order valence-electron chi connectivity index (χ3n) is 4.00. The molecule has 3 aromatic rings. The quantitative estimate of drug-likeness (QED) is 0.343. The molecule has 0 fully saturated rings. The molecule has 152 valence electrons. The van der Waals surface area contributed by atoms with E-state index in [1.165, 1.54) is 6.07 Å². The fraction of sp³-hybridized carbons (Fsp3) is 0.200. The molecule has 3 rings (SSSR count). The van der Waals surface area contributed by atoms with Gasteiger partial charge in [-0.15, -0.1) is 5.11 Å². The summed E-state index contributed by atoms with van der Waals surface area (Å²) in [5, 5.41) is 19.7. The number of hydrogen-bond acceptors (Lipinski definition) is 8. The van der Waals surface area contributed by atoms with Crippen molar-refractivity contribution in [1.82, 2.24) is 0 Å². The SMILES string of the molecule is COc1ccc(N=Nc2c(S(=O)(=O)OC(C)C)cc3cc(N)ccc3c2O)cc1. The lowest BCUT2D eigenvalue weighted by Crippen LogP contribution is -2.12. The monoisotopic (exact) mass is 415 g/mol. The Morgan fingerprint density at radius 3 is 2.34 bits per heavy atom. The van der Waals surface area contributed by atoms with Gasteiger partial charge in [-0.3, -0.25) is 4.18 Å². The lowest BCUT2D eigenvalue weighted by molar-refractivity contribution is 0.249. The van der Waals surface area contributed by atoms with E-state index in [9.17, 15) is 13.5 Å². The largest absolute Gasteiger partial charge is 0.505 e. The number of ether oxygens (including phenoxy) is 1. The number of hydrogen-bond donors (Lipinski definition) is 2. The van der Waals surface area contributed by atoms with Crippen molar-refractivity contribution in [1.29, 1.82) is 0 Å². The minimum atomic E-state index is -4.21. The molecular formula is C20H21N3O5S. The predicted octanol–water partition coefficient (Wildman–Crippen LogP) is 4.67. The summed E-state index contributed by atoms with van der Waals surface area (Å²) < 4.78 is 35.7. The maximum Gasteiger partial charge on any atom is 0.299 e. The van der Waals surface area contributed by atoms with Crippen LogP contribution in [0.4, 0.5) is 17.1 Å². The zero-order valence-corrected chi connectivity index (χ0v) is 17.0. The van der Waals surface area contributed by atoms with Gasteiger partial charge in [0, 0.05) is 11.1 Å². The Bertz CT molecular complexity index is 1170. The third kappa shape index (κ3) is 4.47. The first-order chi connectivity index (χ1) is 13.7. The smallest absolute Gasteiger partial charge is 0.299 e. The fourth-order valence-electron chi connectivity index (χ4n) is 2.72. The van der Waals surface area contributed by atoms with Gasteiger partial charge in [0.05, 0.1) is 18.9 Å². The molecule has 0 unspecified atom stereocenters. The Morgan fingerprint density at radius 1 is 1.03 bits per heavy atom.